The summed E-state index contributed by atoms with van der Waals surface area (Å²) in [7, 11) is -1.76. The van der Waals surface area contributed by atoms with Gasteiger partial charge in [0.2, 0.25) is 11.8 Å². The highest BCUT2D eigenvalue weighted by Crippen LogP contribution is 2.28. The third-order valence-corrected chi connectivity index (χ3v) is 5.65. The van der Waals surface area contributed by atoms with Crippen LogP contribution in [0.3, 0.4) is 0 Å². The number of carbonyl (C=O) groups excluding carboxylic acids is 2. The fourth-order valence-electron chi connectivity index (χ4n) is 2.81. The molecule has 0 aliphatic rings. The molecular weight excluding hydrogens is 446 g/mol. The maximum absolute atomic E-state index is 13.0. The lowest BCUT2D eigenvalue weighted by molar-refractivity contribution is -0.789. The highest BCUT2D eigenvalue weighted by atomic mass is 32.2. The Morgan fingerprint density at radius 1 is 0.906 bits per heavy atom. The first kappa shape index (κ1) is 24.4. The Bertz CT molecular complexity index is 933. The van der Waals surface area contributed by atoms with Crippen molar-refractivity contribution in [1.82, 2.24) is 5.32 Å². The zero-order valence-corrected chi connectivity index (χ0v) is 17.3. The van der Waals surface area contributed by atoms with Crippen molar-refractivity contribution in [2.24, 2.45) is 0 Å². The summed E-state index contributed by atoms with van der Waals surface area (Å²) in [5.74, 6) is -2.39. The van der Waals surface area contributed by atoms with Gasteiger partial charge in [0.05, 0.1) is 11.7 Å². The van der Waals surface area contributed by atoms with E-state index < -0.39 is 62.9 Å². The molecule has 13 heteroatoms. The largest absolute Gasteiger partial charge is 0.312 e. The molecule has 2 rings (SSSR count). The molecule has 2 unspecified atom stereocenters. The Labute approximate surface area is 184 Å². The highest BCUT2D eigenvalue weighted by Gasteiger charge is 2.25. The van der Waals surface area contributed by atoms with Crippen LogP contribution >= 0.6 is 0 Å². The minimum absolute atomic E-state index is 0.521. The van der Waals surface area contributed by atoms with Crippen LogP contribution in [0.1, 0.15) is 22.8 Å². The van der Waals surface area contributed by atoms with Crippen LogP contribution in [0.4, 0.5) is 0 Å². The second-order valence-corrected chi connectivity index (χ2v) is 7.89. The maximum Gasteiger partial charge on any atom is 0.294 e. The van der Waals surface area contributed by atoms with Gasteiger partial charge in [0, 0.05) is 10.8 Å². The Morgan fingerprint density at radius 2 is 1.44 bits per heavy atom. The van der Waals surface area contributed by atoms with Crippen molar-refractivity contribution in [1.29, 1.82) is 0 Å². The lowest BCUT2D eigenvalue weighted by atomic mass is 10.0. The second-order valence-electron chi connectivity index (χ2n) is 6.37. The lowest BCUT2D eigenvalue weighted by Crippen LogP contribution is -2.38. The van der Waals surface area contributed by atoms with Gasteiger partial charge in [-0.1, -0.05) is 60.7 Å². The van der Waals surface area contributed by atoms with E-state index in [1.165, 1.54) is 0 Å². The van der Waals surface area contributed by atoms with Gasteiger partial charge >= 0.3 is 0 Å². The molecule has 2 atom stereocenters. The molecule has 0 aliphatic heterocycles. The molecule has 0 radical (unpaired) electrons. The van der Waals surface area contributed by atoms with Crippen molar-refractivity contribution in [3.63, 3.8) is 0 Å². The SMILES string of the molecule is O=C(CC(CO[N+](=O)[O-])O[N+](=O)[O-])NC(=O)CS(=O)C(c1ccccc1)c1ccccc1. The quantitative estimate of drug-likeness (QED) is 0.359. The van der Waals surface area contributed by atoms with Gasteiger partial charge in [-0.3, -0.25) is 19.1 Å². The molecule has 0 aliphatic carbocycles. The first-order valence-corrected chi connectivity index (χ1v) is 10.5. The van der Waals surface area contributed by atoms with Gasteiger partial charge in [-0.15, -0.1) is 20.2 Å². The number of amides is 2. The van der Waals surface area contributed by atoms with E-state index >= 15 is 0 Å². The topological polar surface area (TPSA) is 168 Å². The van der Waals surface area contributed by atoms with E-state index in [9.17, 15) is 34.0 Å². The molecule has 12 nitrogen and oxygen atoms in total. The van der Waals surface area contributed by atoms with E-state index in [0.717, 1.165) is 0 Å². The number of nitrogens with one attached hydrogen (secondary N) is 1. The van der Waals surface area contributed by atoms with E-state index in [0.29, 0.717) is 11.1 Å². The molecule has 0 saturated heterocycles. The van der Waals surface area contributed by atoms with Crippen molar-refractivity contribution in [2.75, 3.05) is 12.4 Å². The van der Waals surface area contributed by atoms with Gasteiger partial charge in [0.15, 0.2) is 0 Å². The fourth-order valence-corrected chi connectivity index (χ4v) is 4.22. The van der Waals surface area contributed by atoms with Gasteiger partial charge in [-0.2, -0.15) is 0 Å². The minimum Gasteiger partial charge on any atom is -0.312 e. The summed E-state index contributed by atoms with van der Waals surface area (Å²) in [6.07, 6.45) is -2.36. The standard InChI is InChI=1S/C19H19N3O9S/c23-17(11-16(31-22(27)28)12-30-21(25)26)20-18(24)13-32(29)19(14-7-3-1-4-8-14)15-9-5-2-6-10-15/h1-10,16,19H,11-13H2,(H,20,23,24). The Morgan fingerprint density at radius 3 is 1.91 bits per heavy atom. The molecule has 0 fully saturated rings. The number of hydrogen-bond donors (Lipinski definition) is 1. The van der Waals surface area contributed by atoms with E-state index in [1.54, 1.807) is 60.7 Å². The average Bonchev–Trinajstić information content (AvgIpc) is 2.73. The van der Waals surface area contributed by atoms with Gasteiger partial charge < -0.3 is 9.68 Å². The normalized spacial score (nSPS) is 12.4. The first-order chi connectivity index (χ1) is 15.3. The van der Waals surface area contributed by atoms with Crippen LogP contribution in [0.2, 0.25) is 0 Å². The second kappa shape index (κ2) is 12.1. The molecule has 2 aromatic carbocycles. The molecule has 0 bridgehead atoms. The maximum atomic E-state index is 13.0. The summed E-state index contributed by atoms with van der Waals surface area (Å²) in [4.78, 5) is 53.1. The molecule has 1 N–H and O–H groups in total. The van der Waals surface area contributed by atoms with Gasteiger partial charge in [-0.25, -0.2) is 0 Å². The summed E-state index contributed by atoms with van der Waals surface area (Å²) < 4.78 is 13.0. The van der Waals surface area contributed by atoms with Crippen LogP contribution in [-0.4, -0.2) is 44.7 Å². The number of imide groups is 1. The minimum atomic E-state index is -1.76. The van der Waals surface area contributed by atoms with Gasteiger partial charge in [-0.05, 0) is 11.1 Å². The van der Waals surface area contributed by atoms with E-state index in [2.05, 4.69) is 9.68 Å². The van der Waals surface area contributed by atoms with Crippen molar-refractivity contribution >= 4 is 22.6 Å². The average molecular weight is 465 g/mol. The monoisotopic (exact) mass is 465 g/mol. The molecule has 0 spiro atoms. The number of rotatable bonds is 12. The molecule has 2 aromatic rings. The molecule has 2 amide bonds. The predicted molar refractivity (Wildman–Crippen MR) is 110 cm³/mol. The van der Waals surface area contributed by atoms with Gasteiger partial charge in [0.25, 0.3) is 10.2 Å². The predicted octanol–water partition coefficient (Wildman–Crippen LogP) is 1.34. The van der Waals surface area contributed by atoms with E-state index in [1.807, 2.05) is 5.32 Å². The summed E-state index contributed by atoms with van der Waals surface area (Å²) in [5.41, 5.74) is 1.43. The van der Waals surface area contributed by atoms with Crippen molar-refractivity contribution in [2.45, 2.75) is 17.8 Å². The fraction of sp³-hybridized carbons (Fsp3) is 0.263. The van der Waals surface area contributed by atoms with E-state index in [4.69, 9.17) is 0 Å². The molecule has 170 valence electrons. The Hall–Kier alpha value is -3.87. The summed E-state index contributed by atoms with van der Waals surface area (Å²) >= 11 is 0. The third-order valence-electron chi connectivity index (χ3n) is 4.03. The Balaban J connectivity index is 2.03. The first-order valence-electron chi connectivity index (χ1n) is 9.14. The molecule has 0 heterocycles. The van der Waals surface area contributed by atoms with Crippen molar-refractivity contribution < 1.29 is 33.6 Å². The molecule has 32 heavy (non-hydrogen) atoms. The number of nitrogens with zero attached hydrogens (tertiary/aromatic N) is 2. The number of hydrogen-bond acceptors (Lipinski definition) is 9. The van der Waals surface area contributed by atoms with Crippen molar-refractivity contribution in [3.05, 3.63) is 92.0 Å². The summed E-state index contributed by atoms with van der Waals surface area (Å²) in [6, 6.07) is 17.8. The van der Waals surface area contributed by atoms with Crippen LogP contribution in [0.5, 0.6) is 0 Å². The Kier molecular flexibility index (Phi) is 9.22. The van der Waals surface area contributed by atoms with Gasteiger partial charge in [0.1, 0.15) is 18.5 Å². The van der Waals surface area contributed by atoms with Crippen LogP contribution in [0.15, 0.2) is 60.7 Å². The molecule has 0 saturated carbocycles. The smallest absolute Gasteiger partial charge is 0.294 e. The van der Waals surface area contributed by atoms with E-state index in [-0.39, 0.29) is 0 Å². The lowest BCUT2D eigenvalue weighted by Gasteiger charge is -2.18. The molecular formula is C19H19N3O9S. The zero-order valence-electron chi connectivity index (χ0n) is 16.5. The number of carbonyl (C=O) groups is 2. The van der Waals surface area contributed by atoms with Crippen molar-refractivity contribution in [3.8, 4) is 0 Å². The van der Waals surface area contributed by atoms with Crippen LogP contribution in [0.25, 0.3) is 0 Å². The van der Waals surface area contributed by atoms with Crippen LogP contribution < -0.4 is 5.32 Å². The number of benzene rings is 2. The van der Waals surface area contributed by atoms with Crippen LogP contribution in [-0.2, 0) is 30.1 Å². The summed E-state index contributed by atoms with van der Waals surface area (Å²) in [6.45, 7) is -0.883. The molecule has 0 aromatic heterocycles. The summed E-state index contributed by atoms with van der Waals surface area (Å²) in [5, 5.41) is 19.6. The highest BCUT2D eigenvalue weighted by molar-refractivity contribution is 7.86. The van der Waals surface area contributed by atoms with Crippen LogP contribution in [0, 0.1) is 20.2 Å². The third kappa shape index (κ3) is 8.10. The zero-order chi connectivity index (χ0) is 23.5.